The van der Waals surface area contributed by atoms with Crippen molar-refractivity contribution in [2.24, 2.45) is 0 Å². The fourth-order valence-electron chi connectivity index (χ4n) is 2.79. The number of aromatic nitrogens is 4. The van der Waals surface area contributed by atoms with E-state index in [-0.39, 0.29) is 12.5 Å². The van der Waals surface area contributed by atoms with Gasteiger partial charge in [0.05, 0.1) is 30.7 Å². The van der Waals surface area contributed by atoms with E-state index >= 15 is 0 Å². The number of imidazole rings is 1. The Hall–Kier alpha value is -3.25. The Morgan fingerprint density at radius 1 is 1.33 bits per heavy atom. The van der Waals surface area contributed by atoms with Gasteiger partial charge in [0.2, 0.25) is 5.95 Å². The van der Waals surface area contributed by atoms with Gasteiger partial charge in [-0.2, -0.15) is 15.2 Å². The molecule has 1 atom stereocenters. The van der Waals surface area contributed by atoms with Gasteiger partial charge in [-0.15, -0.1) is 0 Å². The zero-order chi connectivity index (χ0) is 18.8. The summed E-state index contributed by atoms with van der Waals surface area (Å²) in [5.41, 5.74) is 2.31. The first kappa shape index (κ1) is 17.2. The number of halogens is 1. The molecular weight excluding hydrogens is 349 g/mol. The number of hydrogen-bond acceptors (Lipinski definition) is 7. The monoisotopic (exact) mass is 367 g/mol. The van der Waals surface area contributed by atoms with Gasteiger partial charge in [0, 0.05) is 6.04 Å². The number of alkyl halides is 1. The smallest absolute Gasteiger partial charge is 0.226 e. The molecule has 2 aromatic heterocycles. The van der Waals surface area contributed by atoms with Crippen LogP contribution in [0.4, 0.5) is 21.8 Å². The molecule has 3 N–H and O–H groups in total. The largest absolute Gasteiger partial charge is 0.393 e. The molecule has 1 unspecified atom stereocenters. The number of hydrogen-bond donors (Lipinski definition) is 3. The zero-order valence-corrected chi connectivity index (χ0v) is 14.4. The minimum absolute atomic E-state index is 0.103. The third-order valence-electron chi connectivity index (χ3n) is 4.34. The summed E-state index contributed by atoms with van der Waals surface area (Å²) in [4.78, 5) is 13.3. The molecule has 3 aromatic rings. The molecule has 0 saturated heterocycles. The minimum atomic E-state index is -1.41. The van der Waals surface area contributed by atoms with Crippen molar-refractivity contribution in [1.82, 2.24) is 19.5 Å². The van der Waals surface area contributed by atoms with E-state index < -0.39 is 12.8 Å². The summed E-state index contributed by atoms with van der Waals surface area (Å²) in [5.74, 6) is 0.668. The summed E-state index contributed by atoms with van der Waals surface area (Å²) in [7, 11) is 0. The third-order valence-corrected chi connectivity index (χ3v) is 4.34. The fourth-order valence-corrected chi connectivity index (χ4v) is 2.79. The lowest BCUT2D eigenvalue weighted by Crippen LogP contribution is -2.20. The van der Waals surface area contributed by atoms with Crippen molar-refractivity contribution in [3.63, 3.8) is 0 Å². The Kier molecular flexibility index (Phi) is 4.56. The summed E-state index contributed by atoms with van der Waals surface area (Å²) in [6.07, 6.45) is 2.45. The maximum atomic E-state index is 13.4. The van der Waals surface area contributed by atoms with Crippen molar-refractivity contribution in [2.45, 2.75) is 25.1 Å². The highest BCUT2D eigenvalue weighted by Gasteiger charge is 2.27. The predicted molar refractivity (Wildman–Crippen MR) is 98.5 cm³/mol. The molecule has 4 rings (SSSR count). The average molecular weight is 367 g/mol. The number of aliphatic hydroxyl groups excluding tert-OH is 1. The second-order valence-electron chi connectivity index (χ2n) is 6.39. The second-order valence-corrected chi connectivity index (χ2v) is 6.39. The van der Waals surface area contributed by atoms with Gasteiger partial charge in [0.15, 0.2) is 17.0 Å². The maximum Gasteiger partial charge on any atom is 0.226 e. The predicted octanol–water partition coefficient (Wildman–Crippen LogP) is 2.52. The minimum Gasteiger partial charge on any atom is -0.393 e. The van der Waals surface area contributed by atoms with Crippen molar-refractivity contribution in [1.29, 1.82) is 5.26 Å². The van der Waals surface area contributed by atoms with E-state index in [0.717, 1.165) is 12.8 Å². The van der Waals surface area contributed by atoms with Gasteiger partial charge in [-0.05, 0) is 25.0 Å². The summed E-state index contributed by atoms with van der Waals surface area (Å²) < 4.78 is 15.4. The van der Waals surface area contributed by atoms with Crippen LogP contribution in [0.1, 0.15) is 24.4 Å². The van der Waals surface area contributed by atoms with Gasteiger partial charge in [-0.25, -0.2) is 9.37 Å². The van der Waals surface area contributed by atoms with Crippen molar-refractivity contribution in [3.8, 4) is 6.07 Å². The summed E-state index contributed by atoms with van der Waals surface area (Å²) in [6, 6.07) is 9.58. The van der Waals surface area contributed by atoms with Gasteiger partial charge >= 0.3 is 0 Å². The van der Waals surface area contributed by atoms with Gasteiger partial charge in [0.1, 0.15) is 12.2 Å². The first-order chi connectivity index (χ1) is 13.2. The second kappa shape index (κ2) is 7.17. The Morgan fingerprint density at radius 2 is 2.15 bits per heavy atom. The summed E-state index contributed by atoms with van der Waals surface area (Å²) in [6.45, 7) is -0.677. The van der Waals surface area contributed by atoms with E-state index in [1.165, 1.54) is 0 Å². The van der Waals surface area contributed by atoms with Gasteiger partial charge in [0.25, 0.3) is 0 Å². The van der Waals surface area contributed by atoms with Crippen LogP contribution in [-0.2, 0) is 0 Å². The lowest BCUT2D eigenvalue weighted by molar-refractivity contribution is 0.186. The zero-order valence-electron chi connectivity index (χ0n) is 14.4. The number of aliphatic hydroxyl groups is 1. The standard InChI is InChI=1S/C18H18FN7O/c19-12(9-27)8-21-18-24-16(23-14-4-2-1-3-11(14)7-20)15-17(25-18)26(10-22-15)13-5-6-13/h1-4,10,12-13,27H,5-6,8-9H2,(H2,21,23,24,25). The number of fused-ring (bicyclic) bond motifs is 1. The Balaban J connectivity index is 1.74. The molecule has 138 valence electrons. The van der Waals surface area contributed by atoms with Crippen molar-refractivity contribution in [3.05, 3.63) is 36.2 Å². The molecule has 2 heterocycles. The van der Waals surface area contributed by atoms with E-state index in [1.54, 1.807) is 24.5 Å². The molecular formula is C18H18FN7O. The Labute approximate surface area is 154 Å². The SMILES string of the molecule is N#Cc1ccccc1Nc1nc(NCC(F)CO)nc2c1ncn2C1CC1. The molecule has 0 spiro atoms. The van der Waals surface area contributed by atoms with Crippen LogP contribution in [0.15, 0.2) is 30.6 Å². The quantitative estimate of drug-likeness (QED) is 0.588. The van der Waals surface area contributed by atoms with Crippen LogP contribution in [0.25, 0.3) is 11.2 Å². The molecule has 1 aliphatic carbocycles. The van der Waals surface area contributed by atoms with Crippen molar-refractivity contribution in [2.75, 3.05) is 23.8 Å². The highest BCUT2D eigenvalue weighted by Crippen LogP contribution is 2.38. The van der Waals surface area contributed by atoms with Crippen LogP contribution in [0, 0.1) is 11.3 Å². The maximum absolute atomic E-state index is 13.4. The molecule has 8 nitrogen and oxygen atoms in total. The number of benzene rings is 1. The molecule has 0 aliphatic heterocycles. The van der Waals surface area contributed by atoms with Crippen LogP contribution in [0.2, 0.25) is 0 Å². The number of rotatable bonds is 7. The number of anilines is 3. The van der Waals surface area contributed by atoms with Crippen LogP contribution in [0.3, 0.4) is 0 Å². The van der Waals surface area contributed by atoms with Crippen LogP contribution < -0.4 is 10.6 Å². The first-order valence-corrected chi connectivity index (χ1v) is 8.69. The van der Waals surface area contributed by atoms with E-state index in [9.17, 15) is 9.65 Å². The number of nitrogens with one attached hydrogen (secondary N) is 2. The first-order valence-electron chi connectivity index (χ1n) is 8.69. The summed E-state index contributed by atoms with van der Waals surface area (Å²) >= 11 is 0. The lowest BCUT2D eigenvalue weighted by Gasteiger charge is -2.12. The van der Waals surface area contributed by atoms with Crippen LogP contribution in [0.5, 0.6) is 0 Å². The lowest BCUT2D eigenvalue weighted by atomic mass is 10.2. The molecule has 0 bridgehead atoms. The van der Waals surface area contributed by atoms with E-state index in [0.29, 0.717) is 34.3 Å². The van der Waals surface area contributed by atoms with E-state index in [2.05, 4.69) is 31.7 Å². The van der Waals surface area contributed by atoms with Crippen molar-refractivity contribution < 1.29 is 9.50 Å². The average Bonchev–Trinajstić information content (AvgIpc) is 3.45. The van der Waals surface area contributed by atoms with Crippen LogP contribution in [-0.4, -0.2) is 43.9 Å². The molecule has 1 fully saturated rings. The molecule has 0 radical (unpaired) electrons. The van der Waals surface area contributed by atoms with E-state index in [1.807, 2.05) is 10.6 Å². The Morgan fingerprint density at radius 3 is 2.89 bits per heavy atom. The van der Waals surface area contributed by atoms with Gasteiger partial charge in [-0.1, -0.05) is 12.1 Å². The topological polar surface area (TPSA) is 112 Å². The summed E-state index contributed by atoms with van der Waals surface area (Å²) in [5, 5.41) is 24.1. The number of nitrogens with zero attached hydrogens (tertiary/aromatic N) is 5. The van der Waals surface area contributed by atoms with Crippen molar-refractivity contribution >= 4 is 28.6 Å². The number of para-hydroxylation sites is 1. The van der Waals surface area contributed by atoms with Gasteiger partial charge in [-0.3, -0.25) is 0 Å². The normalized spacial score (nSPS) is 14.7. The van der Waals surface area contributed by atoms with E-state index in [4.69, 9.17) is 5.11 Å². The molecule has 0 amide bonds. The highest BCUT2D eigenvalue weighted by molar-refractivity contribution is 5.87. The van der Waals surface area contributed by atoms with Gasteiger partial charge < -0.3 is 20.3 Å². The highest BCUT2D eigenvalue weighted by atomic mass is 19.1. The number of nitriles is 1. The molecule has 27 heavy (non-hydrogen) atoms. The third kappa shape index (κ3) is 3.52. The molecule has 1 aliphatic rings. The Bertz CT molecular complexity index is 1010. The fraction of sp³-hybridized carbons (Fsp3) is 0.333. The molecule has 1 aromatic carbocycles. The van der Waals surface area contributed by atoms with Crippen LogP contribution >= 0.6 is 0 Å². The molecule has 1 saturated carbocycles. The molecule has 9 heteroatoms.